The fourth-order valence-electron chi connectivity index (χ4n) is 9.27. The van der Waals surface area contributed by atoms with Crippen LogP contribution in [0.1, 0.15) is 100.0 Å². The summed E-state index contributed by atoms with van der Waals surface area (Å²) in [5.41, 5.74) is -4.18. The molecule has 48 heavy (non-hydrogen) atoms. The highest BCUT2D eigenvalue weighted by Crippen LogP contribution is 2.68. The summed E-state index contributed by atoms with van der Waals surface area (Å²) >= 11 is 0. The molecule has 1 amide bonds. The molecule has 1 N–H and O–H groups in total. The Kier molecular flexibility index (Phi) is 9.48. The molecule has 1 aromatic carbocycles. The zero-order chi connectivity index (χ0) is 35.4. The minimum absolute atomic E-state index is 0.163. The first-order chi connectivity index (χ1) is 22.5. The van der Waals surface area contributed by atoms with E-state index in [4.69, 9.17) is 30.6 Å². The lowest BCUT2D eigenvalue weighted by Gasteiger charge is -2.47. The van der Waals surface area contributed by atoms with Crippen molar-refractivity contribution in [3.63, 3.8) is 0 Å². The molecule has 260 valence electrons. The van der Waals surface area contributed by atoms with Gasteiger partial charge < -0.3 is 19.3 Å². The maximum Gasteiger partial charge on any atom is 0.316 e. The van der Waals surface area contributed by atoms with Crippen molar-refractivity contribution in [2.75, 3.05) is 0 Å². The lowest BCUT2D eigenvalue weighted by Crippen LogP contribution is -2.59. The number of hydrogen-bond donors (Lipinski definition) is 1. The highest BCUT2D eigenvalue weighted by molar-refractivity contribution is 6.06. The summed E-state index contributed by atoms with van der Waals surface area (Å²) in [6, 6.07) is 9.71. The molecule has 0 aliphatic carbocycles. The van der Waals surface area contributed by atoms with Gasteiger partial charge >= 0.3 is 5.97 Å². The zero-order valence-corrected chi connectivity index (χ0v) is 30.0. The average Bonchev–Trinajstić information content (AvgIpc) is 3.79. The lowest BCUT2D eigenvalue weighted by molar-refractivity contribution is -0.185. The maximum absolute atomic E-state index is 14.2. The van der Waals surface area contributed by atoms with Gasteiger partial charge in [0.05, 0.1) is 12.3 Å². The molecule has 0 radical (unpaired) electrons. The molecule has 9 heteroatoms. The standard InChI is InChI=1S/C39H52N2O7/c1-11-31-36(10,45)30-20-19-29-21-37(38(13-3,48-37)35(9,12-2)25(6)32(43)23(4)34(44)47-31)26(7)33(40-27(8)42)39(41-29,24(30)5)46-22-28-17-15-14-16-18-28/h3,14-18,23-26,30-31,45H,11-12,19-22H2,1-2,4-10H3/t23-,24-,25+,26+,30-,31-,35?,36+,37?,38+,39?/m1/s1. The van der Waals surface area contributed by atoms with Crippen LogP contribution in [-0.2, 0) is 35.2 Å². The summed E-state index contributed by atoms with van der Waals surface area (Å²) in [5.74, 6) is -1.82. The molecule has 3 unspecified atom stereocenters. The molecule has 1 aromatic rings. The minimum Gasteiger partial charge on any atom is -0.459 e. The van der Waals surface area contributed by atoms with Gasteiger partial charge in [-0.3, -0.25) is 19.4 Å². The van der Waals surface area contributed by atoms with Gasteiger partial charge in [-0.15, -0.1) is 6.42 Å². The second-order valence-electron chi connectivity index (χ2n) is 15.0. The van der Waals surface area contributed by atoms with Crippen molar-refractivity contribution in [3.05, 3.63) is 35.9 Å². The van der Waals surface area contributed by atoms with E-state index in [1.807, 2.05) is 65.0 Å². The number of esters is 1. The van der Waals surface area contributed by atoms with E-state index in [0.29, 0.717) is 37.8 Å². The van der Waals surface area contributed by atoms with Crippen LogP contribution in [0.4, 0.5) is 0 Å². The quantitative estimate of drug-likeness (QED) is 0.180. The van der Waals surface area contributed by atoms with Gasteiger partial charge in [0.15, 0.2) is 5.60 Å². The van der Waals surface area contributed by atoms with E-state index >= 15 is 0 Å². The van der Waals surface area contributed by atoms with Gasteiger partial charge in [-0.1, -0.05) is 77.8 Å². The number of hydrogen-bond acceptors (Lipinski definition) is 8. The van der Waals surface area contributed by atoms with Crippen molar-refractivity contribution in [2.45, 2.75) is 130 Å². The maximum atomic E-state index is 14.2. The molecular weight excluding hydrogens is 608 g/mol. The molecule has 4 bridgehead atoms. The number of epoxide rings is 1. The third-order valence-corrected chi connectivity index (χ3v) is 12.6. The van der Waals surface area contributed by atoms with Crippen molar-refractivity contribution in [2.24, 2.45) is 45.0 Å². The van der Waals surface area contributed by atoms with Gasteiger partial charge in [-0.2, -0.15) is 0 Å². The number of amides is 1. The third-order valence-electron chi connectivity index (χ3n) is 12.6. The number of terminal acetylenes is 1. The fourth-order valence-corrected chi connectivity index (χ4v) is 9.27. The molecule has 0 saturated carbocycles. The number of rotatable bonds is 5. The van der Waals surface area contributed by atoms with Gasteiger partial charge in [0.2, 0.25) is 11.6 Å². The first kappa shape index (κ1) is 36.1. The Labute approximate surface area is 285 Å². The monoisotopic (exact) mass is 660 g/mol. The van der Waals surface area contributed by atoms with Gasteiger partial charge in [0, 0.05) is 42.2 Å². The van der Waals surface area contributed by atoms with Crippen LogP contribution in [0.3, 0.4) is 0 Å². The Morgan fingerprint density at radius 3 is 2.38 bits per heavy atom. The smallest absolute Gasteiger partial charge is 0.316 e. The van der Waals surface area contributed by atoms with E-state index in [2.05, 4.69) is 5.92 Å². The molecule has 9 nitrogen and oxygen atoms in total. The number of carbonyl (C=O) groups is 3. The van der Waals surface area contributed by atoms with Crippen molar-refractivity contribution in [3.8, 4) is 12.3 Å². The largest absolute Gasteiger partial charge is 0.459 e. The molecule has 11 atom stereocenters. The van der Waals surface area contributed by atoms with Gasteiger partial charge in [-0.05, 0) is 51.0 Å². The van der Waals surface area contributed by atoms with E-state index in [1.54, 1.807) is 20.8 Å². The van der Waals surface area contributed by atoms with E-state index in [-0.39, 0.29) is 12.4 Å². The summed E-state index contributed by atoms with van der Waals surface area (Å²) in [7, 11) is 0. The SMILES string of the molecule is C#C[C@@]12OC13CC1=NC(OCc4ccccc4)(C(=NC(C)=O)[C@@H]3C)[C@H](C)[C@@H](CC1)[C@](C)(O)[C@@H](CC)OC(=O)[C@H](C)C(=O)[C@H](C)C2(C)CC. The van der Waals surface area contributed by atoms with Gasteiger partial charge in [-0.25, -0.2) is 4.99 Å². The second kappa shape index (κ2) is 12.6. The summed E-state index contributed by atoms with van der Waals surface area (Å²) in [6.45, 7) is 16.3. The third kappa shape index (κ3) is 5.21. The molecule has 6 rings (SSSR count). The van der Waals surface area contributed by atoms with E-state index < -0.39 is 75.5 Å². The average molecular weight is 661 g/mol. The van der Waals surface area contributed by atoms with Gasteiger partial charge in [0.25, 0.3) is 0 Å². The molecule has 1 spiro atoms. The number of aliphatic imine (C=N–C) groups is 2. The number of Topliss-reactive ketones (excluding diaryl/α,β-unsaturated/α-hetero) is 1. The molecule has 3 saturated heterocycles. The number of ketones is 1. The Bertz CT molecular complexity index is 1560. The normalized spacial score (nSPS) is 43.7. The van der Waals surface area contributed by atoms with Crippen LogP contribution < -0.4 is 0 Å². The van der Waals surface area contributed by atoms with Crippen molar-refractivity contribution in [1.29, 1.82) is 0 Å². The van der Waals surface area contributed by atoms with Crippen LogP contribution in [0, 0.1) is 47.3 Å². The number of benzene rings is 1. The van der Waals surface area contributed by atoms with E-state index in [0.717, 1.165) is 11.3 Å². The zero-order valence-electron chi connectivity index (χ0n) is 30.0. The highest BCUT2D eigenvalue weighted by Gasteiger charge is 2.81. The Morgan fingerprint density at radius 2 is 1.79 bits per heavy atom. The summed E-state index contributed by atoms with van der Waals surface area (Å²) in [4.78, 5) is 51.1. The Hall–Kier alpha value is -3.19. The van der Waals surface area contributed by atoms with Crippen molar-refractivity contribution >= 4 is 29.1 Å². The molecule has 5 aliphatic heterocycles. The highest BCUT2D eigenvalue weighted by atomic mass is 16.6. The van der Waals surface area contributed by atoms with Crippen molar-refractivity contribution in [1.82, 2.24) is 0 Å². The summed E-state index contributed by atoms with van der Waals surface area (Å²) in [6.07, 6.45) is 7.67. The number of fused-ring (bicyclic) bond motifs is 9. The van der Waals surface area contributed by atoms with Crippen LogP contribution in [0.2, 0.25) is 0 Å². The number of ether oxygens (including phenoxy) is 3. The molecule has 5 heterocycles. The molecule has 0 aromatic heterocycles. The first-order valence-corrected chi connectivity index (χ1v) is 17.5. The lowest BCUT2D eigenvalue weighted by atomic mass is 9.57. The first-order valence-electron chi connectivity index (χ1n) is 17.5. The summed E-state index contributed by atoms with van der Waals surface area (Å²) in [5, 5.41) is 12.5. The predicted molar refractivity (Wildman–Crippen MR) is 183 cm³/mol. The number of nitrogens with zero attached hydrogens (tertiary/aromatic N) is 2. The predicted octanol–water partition coefficient (Wildman–Crippen LogP) is 5.90. The van der Waals surface area contributed by atoms with Crippen LogP contribution in [0.15, 0.2) is 40.3 Å². The number of carbonyl (C=O) groups excluding carboxylic acids is 3. The Balaban J connectivity index is 1.83. The van der Waals surface area contributed by atoms with E-state index in [9.17, 15) is 19.5 Å². The van der Waals surface area contributed by atoms with E-state index in [1.165, 1.54) is 6.92 Å². The van der Waals surface area contributed by atoms with Crippen molar-refractivity contribution < 1.29 is 33.7 Å². The van der Waals surface area contributed by atoms with Crippen LogP contribution in [0.5, 0.6) is 0 Å². The van der Waals surface area contributed by atoms with Crippen LogP contribution in [0.25, 0.3) is 0 Å². The molecule has 3 fully saturated rings. The minimum atomic E-state index is -1.55. The Morgan fingerprint density at radius 1 is 1.12 bits per heavy atom. The van der Waals surface area contributed by atoms with Crippen LogP contribution >= 0.6 is 0 Å². The molecule has 5 aliphatic rings. The molecular formula is C39H52N2O7. The second-order valence-corrected chi connectivity index (χ2v) is 15.0. The topological polar surface area (TPSA) is 127 Å². The van der Waals surface area contributed by atoms with Crippen LogP contribution in [-0.4, -0.2) is 62.8 Å². The van der Waals surface area contributed by atoms with Gasteiger partial charge in [0.1, 0.15) is 29.0 Å². The summed E-state index contributed by atoms with van der Waals surface area (Å²) < 4.78 is 19.9. The fraction of sp³-hybridized carbons (Fsp3) is 0.667. The number of aliphatic hydroxyl groups is 1.